The molecular weight excluding hydrogens is 274 g/mol. The Labute approximate surface area is 119 Å². The highest BCUT2D eigenvalue weighted by molar-refractivity contribution is 6.08. The van der Waals surface area contributed by atoms with Crippen LogP contribution in [0.5, 0.6) is 0 Å². The summed E-state index contributed by atoms with van der Waals surface area (Å²) in [5.74, 6) is -2.63. The Balaban J connectivity index is 2.01. The largest absolute Gasteiger partial charge is 0.321 e. The molecule has 1 aromatic heterocycles. The van der Waals surface area contributed by atoms with Gasteiger partial charge in [0.1, 0.15) is 17.2 Å². The van der Waals surface area contributed by atoms with Crippen molar-refractivity contribution in [2.24, 2.45) is 0 Å². The van der Waals surface area contributed by atoms with E-state index in [9.17, 15) is 13.6 Å². The van der Waals surface area contributed by atoms with Gasteiger partial charge >= 0.3 is 0 Å². The van der Waals surface area contributed by atoms with E-state index in [0.29, 0.717) is 16.6 Å². The summed E-state index contributed by atoms with van der Waals surface area (Å²) in [4.78, 5) is 16.2. The number of anilines is 1. The SMILES string of the molecule is O=C(Nc1cccc2ncccc12)c1c(F)cccc1F. The number of fused-ring (bicyclic) bond motifs is 1. The first-order valence-corrected chi connectivity index (χ1v) is 6.26. The number of aromatic nitrogens is 1. The molecule has 0 aliphatic heterocycles. The molecule has 3 rings (SSSR count). The van der Waals surface area contributed by atoms with Gasteiger partial charge in [-0.15, -0.1) is 0 Å². The van der Waals surface area contributed by atoms with Crippen molar-refractivity contribution >= 4 is 22.5 Å². The van der Waals surface area contributed by atoms with E-state index in [-0.39, 0.29) is 0 Å². The average Bonchev–Trinajstić information content (AvgIpc) is 2.47. The van der Waals surface area contributed by atoms with Crippen LogP contribution >= 0.6 is 0 Å². The van der Waals surface area contributed by atoms with E-state index < -0.39 is 23.1 Å². The summed E-state index contributed by atoms with van der Waals surface area (Å²) in [6.07, 6.45) is 1.63. The minimum atomic E-state index is -0.897. The maximum absolute atomic E-state index is 13.6. The highest BCUT2D eigenvalue weighted by atomic mass is 19.1. The standard InChI is InChI=1S/C16H10F2N2O/c17-11-5-1-6-12(18)15(11)16(21)20-14-8-2-7-13-10(14)4-3-9-19-13/h1-9H,(H,20,21). The zero-order valence-electron chi connectivity index (χ0n) is 10.8. The van der Waals surface area contributed by atoms with E-state index in [0.717, 1.165) is 12.1 Å². The van der Waals surface area contributed by atoms with Gasteiger partial charge in [0.05, 0.1) is 11.2 Å². The molecule has 104 valence electrons. The van der Waals surface area contributed by atoms with Crippen LogP contribution < -0.4 is 5.32 Å². The summed E-state index contributed by atoms with van der Waals surface area (Å²) in [5, 5.41) is 3.22. The van der Waals surface area contributed by atoms with Crippen LogP contribution in [-0.4, -0.2) is 10.9 Å². The Kier molecular flexibility index (Phi) is 3.31. The summed E-state index contributed by atoms with van der Waals surface area (Å²) >= 11 is 0. The summed E-state index contributed by atoms with van der Waals surface area (Å²) in [6.45, 7) is 0. The fourth-order valence-corrected chi connectivity index (χ4v) is 2.11. The van der Waals surface area contributed by atoms with Gasteiger partial charge < -0.3 is 5.32 Å². The molecule has 0 saturated carbocycles. The normalized spacial score (nSPS) is 10.6. The van der Waals surface area contributed by atoms with E-state index in [4.69, 9.17) is 0 Å². The molecule has 0 saturated heterocycles. The molecule has 0 aliphatic rings. The number of halogens is 2. The van der Waals surface area contributed by atoms with Crippen molar-refractivity contribution in [1.29, 1.82) is 0 Å². The lowest BCUT2D eigenvalue weighted by molar-refractivity contribution is 0.101. The van der Waals surface area contributed by atoms with Crippen LogP contribution in [0, 0.1) is 11.6 Å². The highest BCUT2D eigenvalue weighted by Crippen LogP contribution is 2.22. The Bertz CT molecular complexity index is 808. The number of nitrogens with zero attached hydrogens (tertiary/aromatic N) is 1. The lowest BCUT2D eigenvalue weighted by Crippen LogP contribution is -2.16. The van der Waals surface area contributed by atoms with Crippen molar-refractivity contribution in [3.05, 3.63) is 71.9 Å². The summed E-state index contributed by atoms with van der Waals surface area (Å²) in [7, 11) is 0. The molecule has 0 aliphatic carbocycles. The number of benzene rings is 2. The van der Waals surface area contributed by atoms with E-state index >= 15 is 0 Å². The minimum absolute atomic E-state index is 0.452. The van der Waals surface area contributed by atoms with Gasteiger partial charge in [-0.3, -0.25) is 9.78 Å². The molecule has 3 nitrogen and oxygen atoms in total. The van der Waals surface area contributed by atoms with Crippen molar-refractivity contribution < 1.29 is 13.6 Å². The second-order valence-electron chi connectivity index (χ2n) is 4.43. The first kappa shape index (κ1) is 13.2. The monoisotopic (exact) mass is 284 g/mol. The zero-order valence-corrected chi connectivity index (χ0v) is 10.8. The predicted octanol–water partition coefficient (Wildman–Crippen LogP) is 3.77. The first-order chi connectivity index (χ1) is 10.2. The van der Waals surface area contributed by atoms with Gasteiger partial charge in [-0.2, -0.15) is 0 Å². The van der Waals surface area contributed by atoms with Gasteiger partial charge in [-0.05, 0) is 36.4 Å². The molecule has 0 spiro atoms. The van der Waals surface area contributed by atoms with Crippen LogP contribution in [0.1, 0.15) is 10.4 Å². The van der Waals surface area contributed by atoms with E-state index in [2.05, 4.69) is 10.3 Å². The van der Waals surface area contributed by atoms with Crippen LogP contribution in [-0.2, 0) is 0 Å². The lowest BCUT2D eigenvalue weighted by Gasteiger charge is -2.09. The smallest absolute Gasteiger partial charge is 0.261 e. The Morgan fingerprint density at radius 1 is 0.952 bits per heavy atom. The third-order valence-corrected chi connectivity index (χ3v) is 3.08. The molecule has 1 heterocycles. The molecule has 1 N–H and O–H groups in total. The molecule has 0 unspecified atom stereocenters. The van der Waals surface area contributed by atoms with Crippen LogP contribution in [0.15, 0.2) is 54.7 Å². The van der Waals surface area contributed by atoms with Gasteiger partial charge in [0.25, 0.3) is 5.91 Å². The Hall–Kier alpha value is -2.82. The zero-order chi connectivity index (χ0) is 14.8. The fraction of sp³-hybridized carbons (Fsp3) is 0. The third-order valence-electron chi connectivity index (χ3n) is 3.08. The number of nitrogens with one attached hydrogen (secondary N) is 1. The molecule has 0 atom stereocenters. The van der Waals surface area contributed by atoms with Gasteiger partial charge in [0, 0.05) is 11.6 Å². The van der Waals surface area contributed by atoms with Crippen molar-refractivity contribution in [2.45, 2.75) is 0 Å². The molecular formula is C16H10F2N2O. The molecule has 3 aromatic rings. The number of hydrogen-bond donors (Lipinski definition) is 1. The number of pyridine rings is 1. The lowest BCUT2D eigenvalue weighted by atomic mass is 10.1. The summed E-state index contributed by atoms with van der Waals surface area (Å²) in [6, 6.07) is 11.9. The van der Waals surface area contributed by atoms with Crippen molar-refractivity contribution in [1.82, 2.24) is 4.98 Å². The van der Waals surface area contributed by atoms with Gasteiger partial charge in [-0.25, -0.2) is 8.78 Å². The second kappa shape index (κ2) is 5.28. The summed E-state index contributed by atoms with van der Waals surface area (Å²) in [5.41, 5.74) is 0.538. The number of carbonyl (C=O) groups is 1. The Morgan fingerprint density at radius 2 is 1.67 bits per heavy atom. The first-order valence-electron chi connectivity index (χ1n) is 6.26. The van der Waals surface area contributed by atoms with E-state index in [1.165, 1.54) is 6.07 Å². The second-order valence-corrected chi connectivity index (χ2v) is 4.43. The Morgan fingerprint density at radius 3 is 2.43 bits per heavy atom. The maximum Gasteiger partial charge on any atom is 0.261 e. The maximum atomic E-state index is 13.6. The average molecular weight is 284 g/mol. The minimum Gasteiger partial charge on any atom is -0.321 e. The molecule has 0 fully saturated rings. The van der Waals surface area contributed by atoms with Gasteiger partial charge in [0.2, 0.25) is 0 Å². The van der Waals surface area contributed by atoms with Crippen LogP contribution in [0.4, 0.5) is 14.5 Å². The topological polar surface area (TPSA) is 42.0 Å². The molecule has 2 aromatic carbocycles. The van der Waals surface area contributed by atoms with Crippen molar-refractivity contribution in [3.63, 3.8) is 0 Å². The van der Waals surface area contributed by atoms with Crippen LogP contribution in [0.25, 0.3) is 10.9 Å². The van der Waals surface area contributed by atoms with Crippen molar-refractivity contribution in [2.75, 3.05) is 5.32 Å². The van der Waals surface area contributed by atoms with Gasteiger partial charge in [-0.1, -0.05) is 12.1 Å². The van der Waals surface area contributed by atoms with Crippen LogP contribution in [0.2, 0.25) is 0 Å². The molecule has 21 heavy (non-hydrogen) atoms. The number of amides is 1. The fourth-order valence-electron chi connectivity index (χ4n) is 2.11. The van der Waals surface area contributed by atoms with E-state index in [1.54, 1.807) is 36.5 Å². The number of rotatable bonds is 2. The number of carbonyl (C=O) groups excluding carboxylic acids is 1. The van der Waals surface area contributed by atoms with Gasteiger partial charge in [0.15, 0.2) is 0 Å². The molecule has 5 heteroatoms. The number of hydrogen-bond acceptors (Lipinski definition) is 2. The quantitative estimate of drug-likeness (QED) is 0.778. The highest BCUT2D eigenvalue weighted by Gasteiger charge is 2.17. The predicted molar refractivity (Wildman–Crippen MR) is 76.1 cm³/mol. The third kappa shape index (κ3) is 2.45. The summed E-state index contributed by atoms with van der Waals surface area (Å²) < 4.78 is 27.2. The van der Waals surface area contributed by atoms with Crippen LogP contribution in [0.3, 0.4) is 0 Å². The van der Waals surface area contributed by atoms with Crippen molar-refractivity contribution in [3.8, 4) is 0 Å². The molecule has 0 bridgehead atoms. The van der Waals surface area contributed by atoms with E-state index in [1.807, 2.05) is 0 Å². The molecule has 0 radical (unpaired) electrons. The molecule has 1 amide bonds.